The van der Waals surface area contributed by atoms with Crippen molar-refractivity contribution in [3.05, 3.63) is 29.8 Å². The number of halogens is 2. The van der Waals surface area contributed by atoms with Crippen molar-refractivity contribution in [3.63, 3.8) is 0 Å². The summed E-state index contributed by atoms with van der Waals surface area (Å²) in [7, 11) is 0. The van der Waals surface area contributed by atoms with Crippen LogP contribution in [0, 0.1) is 11.6 Å². The highest BCUT2D eigenvalue weighted by molar-refractivity contribution is 6.16. The van der Waals surface area contributed by atoms with Gasteiger partial charge < -0.3 is 0 Å². The smallest absolute Gasteiger partial charge is 0.279 e. The van der Waals surface area contributed by atoms with E-state index >= 15 is 0 Å². The van der Waals surface area contributed by atoms with Crippen LogP contribution in [0.1, 0.15) is 13.8 Å². The summed E-state index contributed by atoms with van der Waals surface area (Å²) in [6, 6.07) is 2.02. The van der Waals surface area contributed by atoms with Crippen LogP contribution in [0.25, 0.3) is 0 Å². The monoisotopic (exact) mass is 240 g/mol. The third kappa shape index (κ3) is 1.75. The van der Waals surface area contributed by atoms with Crippen LogP contribution in [0.15, 0.2) is 18.2 Å². The van der Waals surface area contributed by atoms with Crippen LogP contribution in [-0.2, 0) is 4.79 Å². The van der Waals surface area contributed by atoms with E-state index in [1.807, 2.05) is 0 Å². The number of amides is 3. The van der Waals surface area contributed by atoms with Gasteiger partial charge in [0.1, 0.15) is 17.2 Å². The summed E-state index contributed by atoms with van der Waals surface area (Å²) in [4.78, 5) is 24.1. The second-order valence-corrected chi connectivity index (χ2v) is 4.28. The van der Waals surface area contributed by atoms with Gasteiger partial charge in [-0.1, -0.05) is 0 Å². The molecule has 1 heterocycles. The number of hydrogen-bond acceptors (Lipinski definition) is 2. The molecule has 1 aliphatic heterocycles. The molecule has 90 valence electrons. The maximum Gasteiger partial charge on any atom is 0.329 e. The molecule has 1 aromatic carbocycles. The minimum Gasteiger partial charge on any atom is -0.279 e. The van der Waals surface area contributed by atoms with Crippen molar-refractivity contribution < 1.29 is 18.4 Å². The van der Waals surface area contributed by atoms with Crippen LogP contribution in [0.5, 0.6) is 0 Å². The van der Waals surface area contributed by atoms with Crippen molar-refractivity contribution in [2.75, 3.05) is 4.90 Å². The number of nitrogens with one attached hydrogen (secondary N) is 1. The Balaban J connectivity index is 2.52. The predicted molar refractivity (Wildman–Crippen MR) is 56.5 cm³/mol. The molecule has 0 spiro atoms. The van der Waals surface area contributed by atoms with Crippen molar-refractivity contribution in [2.24, 2.45) is 0 Å². The van der Waals surface area contributed by atoms with E-state index in [4.69, 9.17) is 0 Å². The lowest BCUT2D eigenvalue weighted by Crippen LogP contribution is -2.44. The van der Waals surface area contributed by atoms with E-state index in [0.717, 1.165) is 17.0 Å². The summed E-state index contributed by atoms with van der Waals surface area (Å²) in [6.45, 7) is 2.99. The van der Waals surface area contributed by atoms with Gasteiger partial charge in [0.05, 0.1) is 5.69 Å². The van der Waals surface area contributed by atoms with Crippen LogP contribution in [0.2, 0.25) is 0 Å². The summed E-state index contributed by atoms with van der Waals surface area (Å²) in [5, 5.41) is 2.10. The lowest BCUT2D eigenvalue weighted by atomic mass is 10.0. The fraction of sp³-hybridized carbons (Fsp3) is 0.273. The molecule has 0 aromatic heterocycles. The van der Waals surface area contributed by atoms with Gasteiger partial charge in [0, 0.05) is 6.07 Å². The maximum absolute atomic E-state index is 13.1. The number of hydrogen-bond donors (Lipinski definition) is 1. The Morgan fingerprint density at radius 1 is 1.12 bits per heavy atom. The zero-order chi connectivity index (χ0) is 12.8. The van der Waals surface area contributed by atoms with Gasteiger partial charge >= 0.3 is 6.03 Å². The van der Waals surface area contributed by atoms with Gasteiger partial charge in [0.15, 0.2) is 0 Å². The molecular weight excluding hydrogens is 230 g/mol. The molecule has 1 aliphatic rings. The van der Waals surface area contributed by atoms with E-state index in [0.29, 0.717) is 6.07 Å². The van der Waals surface area contributed by atoms with Gasteiger partial charge in [-0.05, 0) is 26.0 Å². The van der Waals surface area contributed by atoms with Crippen molar-refractivity contribution in [1.29, 1.82) is 0 Å². The zero-order valence-electron chi connectivity index (χ0n) is 9.25. The molecule has 1 N–H and O–H groups in total. The maximum atomic E-state index is 13.1. The quantitative estimate of drug-likeness (QED) is 0.761. The lowest BCUT2D eigenvalue weighted by Gasteiger charge is -2.27. The first-order valence-corrected chi connectivity index (χ1v) is 4.94. The summed E-state index contributed by atoms with van der Waals surface area (Å²) in [5.74, 6) is -2.11. The fourth-order valence-corrected chi connectivity index (χ4v) is 1.77. The second kappa shape index (κ2) is 3.51. The van der Waals surface area contributed by atoms with Crippen molar-refractivity contribution >= 4 is 17.6 Å². The van der Waals surface area contributed by atoms with E-state index in [9.17, 15) is 18.4 Å². The first-order chi connectivity index (χ1) is 7.82. The van der Waals surface area contributed by atoms with Crippen LogP contribution < -0.4 is 10.2 Å². The number of urea groups is 1. The molecule has 1 saturated heterocycles. The first kappa shape index (κ1) is 11.5. The Morgan fingerprint density at radius 2 is 1.65 bits per heavy atom. The largest absolute Gasteiger partial charge is 0.329 e. The summed E-state index contributed by atoms with van der Waals surface area (Å²) < 4.78 is 26.1. The topological polar surface area (TPSA) is 49.4 Å². The molecule has 17 heavy (non-hydrogen) atoms. The number of rotatable bonds is 1. The van der Waals surface area contributed by atoms with Gasteiger partial charge in [0.25, 0.3) is 5.91 Å². The number of anilines is 1. The van der Waals surface area contributed by atoms with Crippen molar-refractivity contribution in [3.8, 4) is 0 Å². The lowest BCUT2D eigenvalue weighted by molar-refractivity contribution is -0.122. The molecule has 1 fully saturated rings. The molecule has 0 radical (unpaired) electrons. The van der Waals surface area contributed by atoms with Crippen LogP contribution in [0.3, 0.4) is 0 Å². The highest BCUT2D eigenvalue weighted by atomic mass is 19.1. The van der Waals surface area contributed by atoms with Gasteiger partial charge in [-0.15, -0.1) is 0 Å². The molecule has 2 rings (SSSR count). The highest BCUT2D eigenvalue weighted by Gasteiger charge is 2.46. The molecule has 3 amide bonds. The Kier molecular flexibility index (Phi) is 2.38. The highest BCUT2D eigenvalue weighted by Crippen LogP contribution is 2.29. The normalized spacial score (nSPS) is 18.5. The standard InChI is InChI=1S/C11H10F2N2O2/c1-11(2)9(16)14-10(17)15(11)8-4-6(12)3-7(13)5-8/h3-5H,1-2H3,(H,14,16,17). The Bertz CT molecular complexity index is 494. The fourth-order valence-electron chi connectivity index (χ4n) is 1.77. The molecule has 0 atom stereocenters. The summed E-state index contributed by atoms with van der Waals surface area (Å²) in [5.41, 5.74) is -1.16. The zero-order valence-corrected chi connectivity index (χ0v) is 9.25. The van der Waals surface area contributed by atoms with Gasteiger partial charge in [-0.2, -0.15) is 0 Å². The number of benzene rings is 1. The Hall–Kier alpha value is -1.98. The minimum absolute atomic E-state index is 0.0100. The average Bonchev–Trinajstić information content (AvgIpc) is 2.33. The first-order valence-electron chi connectivity index (χ1n) is 4.94. The van der Waals surface area contributed by atoms with Crippen LogP contribution in [0.4, 0.5) is 19.3 Å². The molecule has 0 bridgehead atoms. The third-order valence-corrected chi connectivity index (χ3v) is 2.64. The molecule has 0 unspecified atom stereocenters. The van der Waals surface area contributed by atoms with Crippen LogP contribution >= 0.6 is 0 Å². The number of imide groups is 1. The Morgan fingerprint density at radius 3 is 2.06 bits per heavy atom. The van der Waals surface area contributed by atoms with Crippen LogP contribution in [-0.4, -0.2) is 17.5 Å². The third-order valence-electron chi connectivity index (χ3n) is 2.64. The van der Waals surface area contributed by atoms with E-state index in [1.165, 1.54) is 13.8 Å². The van der Waals surface area contributed by atoms with Crippen molar-refractivity contribution in [2.45, 2.75) is 19.4 Å². The number of carbonyl (C=O) groups is 2. The molecule has 0 aliphatic carbocycles. The SMILES string of the molecule is CC1(C)C(=O)NC(=O)N1c1cc(F)cc(F)c1. The van der Waals surface area contributed by atoms with E-state index in [1.54, 1.807) is 0 Å². The van der Waals surface area contributed by atoms with Gasteiger partial charge in [-0.25, -0.2) is 13.6 Å². The van der Waals surface area contributed by atoms with Crippen molar-refractivity contribution in [1.82, 2.24) is 5.32 Å². The predicted octanol–water partition coefficient (Wildman–Crippen LogP) is 1.80. The molecule has 0 saturated carbocycles. The molecule has 6 heteroatoms. The minimum atomic E-state index is -1.17. The average molecular weight is 240 g/mol. The van der Waals surface area contributed by atoms with E-state index in [2.05, 4.69) is 5.32 Å². The second-order valence-electron chi connectivity index (χ2n) is 4.28. The van der Waals surface area contributed by atoms with E-state index in [-0.39, 0.29) is 5.69 Å². The molecular formula is C11H10F2N2O2. The number of carbonyl (C=O) groups excluding carboxylic acids is 2. The molecule has 1 aromatic rings. The summed E-state index contributed by atoms with van der Waals surface area (Å²) >= 11 is 0. The Labute approximate surface area is 96.2 Å². The molecule has 4 nitrogen and oxygen atoms in total. The van der Waals surface area contributed by atoms with Gasteiger partial charge in [0.2, 0.25) is 0 Å². The number of nitrogens with zero attached hydrogens (tertiary/aromatic N) is 1. The van der Waals surface area contributed by atoms with Gasteiger partial charge in [-0.3, -0.25) is 15.0 Å². The summed E-state index contributed by atoms with van der Waals surface area (Å²) in [6.07, 6.45) is 0. The van der Waals surface area contributed by atoms with E-state index < -0.39 is 29.1 Å².